The van der Waals surface area contributed by atoms with E-state index in [1.807, 2.05) is 0 Å². The normalized spacial score (nSPS) is 14.1. The van der Waals surface area contributed by atoms with E-state index in [1.54, 1.807) is 0 Å². The fourth-order valence-electron chi connectivity index (χ4n) is 1.41. The Labute approximate surface area is 102 Å². The Morgan fingerprint density at radius 1 is 1.07 bits per heavy atom. The van der Waals surface area contributed by atoms with Crippen molar-refractivity contribution in [2.24, 2.45) is 0 Å². The number of hydrogen-bond donors (Lipinski definition) is 0. The molecule has 15 heavy (non-hydrogen) atoms. The molecule has 0 fully saturated rings. The molecule has 2 aromatic rings. The topological polar surface area (TPSA) is 38.7 Å². The second-order valence-corrected chi connectivity index (χ2v) is 6.42. The SMILES string of the molecule is C1=C([p+]2npnpn2)c2ccccc21.[Cu]. The minimum absolute atomic E-state index is 0. The third kappa shape index (κ3) is 2.02. The van der Waals surface area contributed by atoms with E-state index in [-0.39, 0.29) is 17.1 Å². The van der Waals surface area contributed by atoms with Crippen LogP contribution < -0.4 is 0 Å². The van der Waals surface area contributed by atoms with Crippen molar-refractivity contribution in [1.29, 1.82) is 0 Å². The van der Waals surface area contributed by atoms with Crippen molar-refractivity contribution >= 4 is 36.3 Å². The van der Waals surface area contributed by atoms with Gasteiger partial charge in [-0.05, 0) is 25.2 Å². The Kier molecular flexibility index (Phi) is 3.56. The average molecular weight is 300 g/mol. The quantitative estimate of drug-likeness (QED) is 0.644. The second-order valence-electron chi connectivity index (χ2n) is 2.85. The van der Waals surface area contributed by atoms with E-state index in [0.717, 1.165) is 17.0 Å². The maximum atomic E-state index is 4.38. The zero-order chi connectivity index (χ0) is 9.38. The Balaban J connectivity index is 0.000000853. The number of hydrogen-bond acceptors (Lipinski definition) is 3. The van der Waals surface area contributed by atoms with Crippen LogP contribution in [-0.4, -0.2) is 13.5 Å². The molecule has 0 saturated heterocycles. The molecule has 0 N–H and O–H groups in total. The van der Waals surface area contributed by atoms with Crippen LogP contribution in [0.15, 0.2) is 24.3 Å². The number of nitrogens with zero attached hydrogens (tertiary/aromatic N) is 3. The van der Waals surface area contributed by atoms with Gasteiger partial charge in [0.25, 0.3) is 0 Å². The molecule has 1 aliphatic carbocycles. The Morgan fingerprint density at radius 3 is 2.53 bits per heavy atom. The Morgan fingerprint density at radius 2 is 1.80 bits per heavy atom. The third-order valence-corrected chi connectivity index (χ3v) is 5.51. The molecule has 3 rings (SSSR count). The molecule has 1 aromatic carbocycles. The zero-order valence-corrected chi connectivity index (χ0v) is 11.0. The molecule has 1 radical (unpaired) electrons. The number of rotatable bonds is 1. The minimum Gasteiger partial charge on any atom is -0.0616 e. The second kappa shape index (κ2) is 4.74. The van der Waals surface area contributed by atoms with Crippen molar-refractivity contribution < 1.29 is 17.1 Å². The van der Waals surface area contributed by atoms with Crippen LogP contribution in [0.25, 0.3) is 11.4 Å². The van der Waals surface area contributed by atoms with Gasteiger partial charge in [0, 0.05) is 22.6 Å². The van der Waals surface area contributed by atoms with E-state index in [1.165, 1.54) is 16.4 Å². The van der Waals surface area contributed by atoms with E-state index in [0.29, 0.717) is 0 Å². The van der Waals surface area contributed by atoms with Gasteiger partial charge < -0.3 is 0 Å². The summed E-state index contributed by atoms with van der Waals surface area (Å²) in [7, 11) is 1.03. The number of benzene rings is 1. The largest absolute Gasteiger partial charge is 0.346 e. The van der Waals surface area contributed by atoms with Crippen molar-refractivity contribution in [3.63, 3.8) is 0 Å². The summed E-state index contributed by atoms with van der Waals surface area (Å²) in [5.41, 5.74) is 2.63. The van der Waals surface area contributed by atoms with Crippen LogP contribution in [0.4, 0.5) is 0 Å². The van der Waals surface area contributed by atoms with E-state index >= 15 is 0 Å². The monoisotopic (exact) mass is 299 g/mol. The van der Waals surface area contributed by atoms with E-state index in [4.69, 9.17) is 0 Å². The standard InChI is InChI=1S/C8H5N3P3.Cu/c1-2-4-7-6(3-1)5-8(7)14-10-12-9-13-11-14;/h1-5H;/q+1;. The summed E-state index contributed by atoms with van der Waals surface area (Å²) in [6, 6.07) is 8.38. The van der Waals surface area contributed by atoms with Gasteiger partial charge in [-0.1, -0.05) is 24.3 Å². The first-order chi connectivity index (χ1) is 6.95. The van der Waals surface area contributed by atoms with Gasteiger partial charge in [0.1, 0.15) is 0 Å². The van der Waals surface area contributed by atoms with Crippen molar-refractivity contribution in [2.45, 2.75) is 0 Å². The number of aromatic nitrogens is 3. The third-order valence-electron chi connectivity index (χ3n) is 2.07. The summed E-state index contributed by atoms with van der Waals surface area (Å²) >= 11 is 0. The van der Waals surface area contributed by atoms with Crippen LogP contribution in [0.1, 0.15) is 11.1 Å². The van der Waals surface area contributed by atoms with Crippen LogP contribution >= 0.6 is 24.9 Å². The van der Waals surface area contributed by atoms with Crippen molar-refractivity contribution in [3.05, 3.63) is 35.4 Å². The fraction of sp³-hybridized carbons (Fsp3) is 0. The molecule has 0 amide bonds. The first-order valence-corrected chi connectivity index (χ1v) is 6.93. The first kappa shape index (κ1) is 11.3. The molecule has 0 spiro atoms. The smallest absolute Gasteiger partial charge is 0.0616 e. The summed E-state index contributed by atoms with van der Waals surface area (Å²) in [6.45, 7) is 0. The van der Waals surface area contributed by atoms with Gasteiger partial charge in [0.05, 0.1) is 5.31 Å². The first-order valence-electron chi connectivity index (χ1n) is 4.08. The maximum absolute atomic E-state index is 4.38. The zero-order valence-electron chi connectivity index (χ0n) is 7.37. The van der Waals surface area contributed by atoms with Crippen LogP contribution in [0, 0.1) is 0 Å². The molecule has 1 aromatic heterocycles. The van der Waals surface area contributed by atoms with Crippen LogP contribution in [0.2, 0.25) is 0 Å². The maximum Gasteiger partial charge on any atom is 0.346 e. The predicted molar refractivity (Wildman–Crippen MR) is 61.7 cm³/mol. The van der Waals surface area contributed by atoms with Gasteiger partial charge in [0.2, 0.25) is 7.85 Å². The van der Waals surface area contributed by atoms with Gasteiger partial charge in [-0.15, -0.1) is 0 Å². The van der Waals surface area contributed by atoms with Gasteiger partial charge in [-0.2, -0.15) is 0 Å². The molecular weight excluding hydrogens is 295 g/mol. The number of fused-ring (bicyclic) bond motifs is 1. The van der Waals surface area contributed by atoms with Gasteiger partial charge >= 0.3 is 17.0 Å². The minimum atomic E-state index is -0.640. The summed E-state index contributed by atoms with van der Waals surface area (Å²) in [5, 5.41) is 1.30. The molecule has 0 saturated carbocycles. The average Bonchev–Trinajstić information content (AvgIpc) is 2.22. The molecule has 77 valence electrons. The molecule has 0 atom stereocenters. The van der Waals surface area contributed by atoms with Crippen molar-refractivity contribution in [1.82, 2.24) is 13.5 Å². The summed E-state index contributed by atoms with van der Waals surface area (Å²) < 4.78 is 12.8. The van der Waals surface area contributed by atoms with Crippen molar-refractivity contribution in [3.8, 4) is 0 Å². The van der Waals surface area contributed by atoms with E-state index in [9.17, 15) is 0 Å². The summed E-state index contributed by atoms with van der Waals surface area (Å²) in [4.78, 5) is 0. The summed E-state index contributed by atoms with van der Waals surface area (Å²) in [5.74, 6) is 0. The van der Waals surface area contributed by atoms with Gasteiger partial charge in [-0.3, -0.25) is 0 Å². The van der Waals surface area contributed by atoms with E-state index < -0.39 is 7.85 Å². The van der Waals surface area contributed by atoms with Crippen molar-refractivity contribution in [2.75, 3.05) is 0 Å². The molecule has 3 nitrogen and oxygen atoms in total. The Hall–Kier alpha value is -0.221. The van der Waals surface area contributed by atoms with Crippen LogP contribution in [-0.2, 0) is 17.1 Å². The molecule has 0 unspecified atom stereocenters. The van der Waals surface area contributed by atoms with Gasteiger partial charge in [-0.25, -0.2) is 0 Å². The fourth-order valence-corrected chi connectivity index (χ4v) is 5.00. The predicted octanol–water partition coefficient (Wildman–Crippen LogP) is 3.66. The molecule has 0 bridgehead atoms. The van der Waals surface area contributed by atoms with Crippen LogP contribution in [0.3, 0.4) is 0 Å². The van der Waals surface area contributed by atoms with Gasteiger partial charge in [0.15, 0.2) is 0 Å². The molecule has 0 aliphatic heterocycles. The molecule has 1 aliphatic rings. The molecule has 1 heterocycles. The summed E-state index contributed by atoms with van der Waals surface area (Å²) in [6.07, 6.45) is 2.18. The van der Waals surface area contributed by atoms with E-state index in [2.05, 4.69) is 43.9 Å². The Bertz CT molecular complexity index is 518. The molecule has 7 heteroatoms. The molecular formula is C8H5CuN3P3+. The van der Waals surface area contributed by atoms with Crippen LogP contribution in [0.5, 0.6) is 0 Å².